The lowest BCUT2D eigenvalue weighted by molar-refractivity contribution is -0.115. The first-order valence-electron chi connectivity index (χ1n) is 6.94. The van der Waals surface area contributed by atoms with Gasteiger partial charge in [0.05, 0.1) is 12.0 Å². The van der Waals surface area contributed by atoms with E-state index in [2.05, 4.69) is 10.6 Å². The van der Waals surface area contributed by atoms with E-state index in [0.29, 0.717) is 6.42 Å². The Morgan fingerprint density at radius 2 is 2.05 bits per heavy atom. The molecule has 1 aromatic rings. The number of fused-ring (bicyclic) bond motifs is 1. The Labute approximate surface area is 113 Å². The second-order valence-corrected chi connectivity index (χ2v) is 5.77. The summed E-state index contributed by atoms with van der Waals surface area (Å²) in [4.78, 5) is 11.4. The summed E-state index contributed by atoms with van der Waals surface area (Å²) in [5.74, 6) is 0.311. The second-order valence-electron chi connectivity index (χ2n) is 5.77. The lowest BCUT2D eigenvalue weighted by atomic mass is 9.77. The van der Waals surface area contributed by atoms with Crippen LogP contribution in [0.5, 0.6) is 0 Å². The Morgan fingerprint density at radius 1 is 1.32 bits per heavy atom. The van der Waals surface area contributed by atoms with Crippen molar-refractivity contribution in [2.24, 2.45) is 5.92 Å². The number of amides is 1. The summed E-state index contributed by atoms with van der Waals surface area (Å²) in [7, 11) is 0. The Hall–Kier alpha value is -1.39. The zero-order valence-electron chi connectivity index (χ0n) is 11.2. The number of aliphatic hydroxyl groups is 1. The predicted molar refractivity (Wildman–Crippen MR) is 73.9 cm³/mol. The van der Waals surface area contributed by atoms with Gasteiger partial charge in [-0.05, 0) is 56.0 Å². The summed E-state index contributed by atoms with van der Waals surface area (Å²) in [5, 5.41) is 17.0. The summed E-state index contributed by atoms with van der Waals surface area (Å²) < 4.78 is 0. The molecule has 4 nitrogen and oxygen atoms in total. The maximum absolute atomic E-state index is 11.4. The summed E-state index contributed by atoms with van der Waals surface area (Å²) in [6.07, 6.45) is 2.40. The highest BCUT2D eigenvalue weighted by atomic mass is 16.3. The van der Waals surface area contributed by atoms with Crippen LogP contribution < -0.4 is 10.6 Å². The molecule has 0 bridgehead atoms. The van der Waals surface area contributed by atoms with Gasteiger partial charge in [0.15, 0.2) is 0 Å². The van der Waals surface area contributed by atoms with Crippen LogP contribution in [0.15, 0.2) is 18.2 Å². The number of benzene rings is 1. The molecular weight excluding hydrogens is 240 g/mol. The molecule has 3 rings (SSSR count). The van der Waals surface area contributed by atoms with Gasteiger partial charge in [0.25, 0.3) is 0 Å². The molecule has 2 aliphatic rings. The zero-order valence-corrected chi connectivity index (χ0v) is 11.2. The Bertz CT molecular complexity index is 505. The van der Waals surface area contributed by atoms with Crippen LogP contribution in [0.25, 0.3) is 0 Å². The largest absolute Gasteiger partial charge is 0.385 e. The fraction of sp³-hybridized carbons (Fsp3) is 0.533. The van der Waals surface area contributed by atoms with Crippen molar-refractivity contribution in [1.82, 2.24) is 5.32 Å². The molecule has 2 heterocycles. The lowest BCUT2D eigenvalue weighted by Crippen LogP contribution is -2.39. The standard InChI is InChI=1S/C15H20N2O2/c1-15(19,11-4-6-16-7-5-11)12-2-3-13-10(8-12)9-14(18)17-13/h2-3,8,11,16,19H,4-7,9H2,1H3,(H,17,18). The minimum atomic E-state index is -0.817. The van der Waals surface area contributed by atoms with Crippen LogP contribution in [0.4, 0.5) is 5.69 Å². The molecule has 0 aliphatic carbocycles. The lowest BCUT2D eigenvalue weighted by Gasteiger charge is -2.36. The van der Waals surface area contributed by atoms with E-state index >= 15 is 0 Å². The molecule has 4 heteroatoms. The molecule has 1 saturated heterocycles. The minimum Gasteiger partial charge on any atom is -0.385 e. The second kappa shape index (κ2) is 4.62. The van der Waals surface area contributed by atoms with Crippen LogP contribution in [-0.2, 0) is 16.8 Å². The van der Waals surface area contributed by atoms with Crippen molar-refractivity contribution in [1.29, 1.82) is 0 Å². The van der Waals surface area contributed by atoms with Crippen LogP contribution >= 0.6 is 0 Å². The third-order valence-corrected chi connectivity index (χ3v) is 4.45. The molecular formula is C15H20N2O2. The van der Waals surface area contributed by atoms with E-state index in [4.69, 9.17) is 0 Å². The maximum atomic E-state index is 11.4. The highest BCUT2D eigenvalue weighted by Crippen LogP contribution is 2.37. The van der Waals surface area contributed by atoms with E-state index in [1.807, 2.05) is 25.1 Å². The number of hydrogen-bond acceptors (Lipinski definition) is 3. The Kier molecular flexibility index (Phi) is 3.07. The molecule has 2 aliphatic heterocycles. The van der Waals surface area contributed by atoms with Crippen LogP contribution in [0, 0.1) is 5.92 Å². The summed E-state index contributed by atoms with van der Waals surface area (Å²) >= 11 is 0. The molecule has 19 heavy (non-hydrogen) atoms. The summed E-state index contributed by atoms with van der Waals surface area (Å²) in [6.45, 7) is 3.83. The molecule has 102 valence electrons. The van der Waals surface area contributed by atoms with Gasteiger partial charge in [-0.2, -0.15) is 0 Å². The smallest absolute Gasteiger partial charge is 0.228 e. The third-order valence-electron chi connectivity index (χ3n) is 4.45. The molecule has 1 unspecified atom stereocenters. The van der Waals surface area contributed by atoms with Gasteiger partial charge in [0.1, 0.15) is 0 Å². The number of piperidine rings is 1. The number of nitrogens with one attached hydrogen (secondary N) is 2. The number of hydrogen-bond donors (Lipinski definition) is 3. The predicted octanol–water partition coefficient (Wildman–Crippen LogP) is 1.39. The normalized spacial score (nSPS) is 22.7. The molecule has 1 aromatic carbocycles. The monoisotopic (exact) mass is 260 g/mol. The van der Waals surface area contributed by atoms with E-state index in [1.54, 1.807) is 0 Å². The van der Waals surface area contributed by atoms with Crippen molar-refractivity contribution in [2.75, 3.05) is 18.4 Å². The number of rotatable bonds is 2. The highest BCUT2D eigenvalue weighted by Gasteiger charge is 2.35. The number of carbonyl (C=O) groups excluding carboxylic acids is 1. The molecule has 0 saturated carbocycles. The molecule has 0 radical (unpaired) electrons. The maximum Gasteiger partial charge on any atom is 0.228 e. The van der Waals surface area contributed by atoms with Crippen molar-refractivity contribution >= 4 is 11.6 Å². The molecule has 0 spiro atoms. The van der Waals surface area contributed by atoms with Gasteiger partial charge < -0.3 is 15.7 Å². The van der Waals surface area contributed by atoms with Crippen molar-refractivity contribution < 1.29 is 9.90 Å². The third kappa shape index (κ3) is 2.26. The van der Waals surface area contributed by atoms with Crippen molar-refractivity contribution in [3.8, 4) is 0 Å². The van der Waals surface area contributed by atoms with Gasteiger partial charge >= 0.3 is 0 Å². The van der Waals surface area contributed by atoms with E-state index in [9.17, 15) is 9.90 Å². The quantitative estimate of drug-likeness (QED) is 0.753. The van der Waals surface area contributed by atoms with E-state index in [0.717, 1.165) is 42.7 Å². The fourth-order valence-electron chi connectivity index (χ4n) is 3.16. The summed E-state index contributed by atoms with van der Waals surface area (Å²) in [6, 6.07) is 5.83. The zero-order chi connectivity index (χ0) is 13.5. The first kappa shape index (κ1) is 12.6. The van der Waals surface area contributed by atoms with E-state index in [-0.39, 0.29) is 11.8 Å². The van der Waals surface area contributed by atoms with Gasteiger partial charge in [-0.15, -0.1) is 0 Å². The van der Waals surface area contributed by atoms with Crippen LogP contribution in [-0.4, -0.2) is 24.1 Å². The van der Waals surface area contributed by atoms with Gasteiger partial charge in [-0.25, -0.2) is 0 Å². The average molecular weight is 260 g/mol. The Balaban J connectivity index is 1.88. The van der Waals surface area contributed by atoms with Crippen LogP contribution in [0.2, 0.25) is 0 Å². The molecule has 1 amide bonds. The first-order valence-corrected chi connectivity index (χ1v) is 6.94. The first-order chi connectivity index (χ1) is 9.07. The van der Waals surface area contributed by atoms with Crippen molar-refractivity contribution in [3.05, 3.63) is 29.3 Å². The topological polar surface area (TPSA) is 61.4 Å². The minimum absolute atomic E-state index is 0.0358. The van der Waals surface area contributed by atoms with Crippen molar-refractivity contribution in [2.45, 2.75) is 31.8 Å². The fourth-order valence-corrected chi connectivity index (χ4v) is 3.16. The average Bonchev–Trinajstić information content (AvgIpc) is 2.78. The number of carbonyl (C=O) groups is 1. The van der Waals surface area contributed by atoms with Crippen LogP contribution in [0.1, 0.15) is 30.9 Å². The summed E-state index contributed by atoms with van der Waals surface area (Å²) in [5.41, 5.74) is 1.99. The van der Waals surface area contributed by atoms with E-state index < -0.39 is 5.60 Å². The Morgan fingerprint density at radius 3 is 2.79 bits per heavy atom. The SMILES string of the molecule is CC(O)(c1ccc2c(c1)CC(=O)N2)C1CCNCC1. The van der Waals surface area contributed by atoms with Gasteiger partial charge in [-0.3, -0.25) is 4.79 Å². The van der Waals surface area contributed by atoms with Gasteiger partial charge in [0.2, 0.25) is 5.91 Å². The molecule has 1 atom stereocenters. The van der Waals surface area contributed by atoms with E-state index in [1.165, 1.54) is 0 Å². The van der Waals surface area contributed by atoms with Gasteiger partial charge in [-0.1, -0.05) is 12.1 Å². The van der Waals surface area contributed by atoms with Gasteiger partial charge in [0, 0.05) is 5.69 Å². The molecule has 1 fully saturated rings. The molecule has 3 N–H and O–H groups in total. The van der Waals surface area contributed by atoms with Crippen molar-refractivity contribution in [3.63, 3.8) is 0 Å². The highest BCUT2D eigenvalue weighted by molar-refractivity contribution is 5.99. The molecule has 0 aromatic heterocycles. The van der Waals surface area contributed by atoms with Crippen LogP contribution in [0.3, 0.4) is 0 Å². The number of anilines is 1.